The smallest absolute Gasteiger partial charge is 0.0681 e. The lowest BCUT2D eigenvalue weighted by atomic mass is 9.79. The molecule has 1 fully saturated rings. The third-order valence-corrected chi connectivity index (χ3v) is 6.11. The van der Waals surface area contributed by atoms with Gasteiger partial charge >= 0.3 is 0 Å². The summed E-state index contributed by atoms with van der Waals surface area (Å²) in [4.78, 5) is 2.60. The monoisotopic (exact) mass is 336 g/mol. The van der Waals surface area contributed by atoms with E-state index in [1.807, 2.05) is 0 Å². The normalized spacial score (nSPS) is 25.6. The fourth-order valence-electron chi connectivity index (χ4n) is 2.28. The van der Waals surface area contributed by atoms with Crippen LogP contribution in [0.2, 0.25) is 0 Å². The van der Waals surface area contributed by atoms with Crippen LogP contribution in [0.15, 0.2) is 10.5 Å². The second kappa shape index (κ2) is 6.05. The molecule has 1 aliphatic rings. The van der Waals surface area contributed by atoms with Crippen molar-refractivity contribution in [3.63, 3.8) is 0 Å². The van der Waals surface area contributed by atoms with E-state index in [0.29, 0.717) is 6.10 Å². The van der Waals surface area contributed by atoms with E-state index in [2.05, 4.69) is 35.8 Å². The zero-order valence-electron chi connectivity index (χ0n) is 10.2. The number of alkyl halides is 1. The fraction of sp³-hybridized carbons (Fsp3) is 0.692. The van der Waals surface area contributed by atoms with Gasteiger partial charge < -0.3 is 4.74 Å². The van der Waals surface area contributed by atoms with E-state index in [1.165, 1.54) is 27.1 Å². The average molecular weight is 338 g/mol. The number of aryl methyl sites for hydroxylation is 1. The van der Waals surface area contributed by atoms with E-state index < -0.39 is 0 Å². The Bertz CT molecular complexity index is 354. The minimum absolute atomic E-state index is 0.164. The van der Waals surface area contributed by atoms with Gasteiger partial charge in [0.25, 0.3) is 0 Å². The maximum absolute atomic E-state index is 6.47. The first-order chi connectivity index (χ1) is 8.10. The number of rotatable bonds is 5. The van der Waals surface area contributed by atoms with Crippen molar-refractivity contribution >= 4 is 38.9 Å². The molecule has 0 aromatic carbocycles. The third kappa shape index (κ3) is 3.46. The molecule has 0 aliphatic heterocycles. The SMILES string of the molecule is CCOC1CC(CC(Cl)c2cc(Br)c(C)s2)C1. The number of ether oxygens (including phenoxy) is 1. The van der Waals surface area contributed by atoms with E-state index in [-0.39, 0.29) is 5.38 Å². The lowest BCUT2D eigenvalue weighted by molar-refractivity contribution is -0.0266. The Morgan fingerprint density at radius 1 is 1.59 bits per heavy atom. The van der Waals surface area contributed by atoms with E-state index in [1.54, 1.807) is 11.3 Å². The van der Waals surface area contributed by atoms with Crippen molar-refractivity contribution in [1.82, 2.24) is 0 Å². The molecule has 1 unspecified atom stereocenters. The fourth-order valence-corrected chi connectivity index (χ4v) is 4.28. The Balaban J connectivity index is 1.80. The summed E-state index contributed by atoms with van der Waals surface area (Å²) in [5.74, 6) is 0.746. The lowest BCUT2D eigenvalue weighted by Gasteiger charge is -2.35. The molecular formula is C13H18BrClOS. The Hall–Kier alpha value is 0.430. The summed E-state index contributed by atoms with van der Waals surface area (Å²) in [6.07, 6.45) is 3.94. The van der Waals surface area contributed by atoms with Crippen LogP contribution < -0.4 is 0 Å². The van der Waals surface area contributed by atoms with Gasteiger partial charge in [-0.05, 0) is 61.0 Å². The Kier molecular flexibility index (Phi) is 4.93. The maximum atomic E-state index is 6.47. The van der Waals surface area contributed by atoms with Gasteiger partial charge in [-0.25, -0.2) is 0 Å². The van der Waals surface area contributed by atoms with Gasteiger partial charge in [-0.2, -0.15) is 0 Å². The Morgan fingerprint density at radius 3 is 2.82 bits per heavy atom. The summed E-state index contributed by atoms with van der Waals surface area (Å²) in [6, 6.07) is 2.16. The number of thiophene rings is 1. The van der Waals surface area contributed by atoms with Gasteiger partial charge in [-0.3, -0.25) is 0 Å². The summed E-state index contributed by atoms with van der Waals surface area (Å²) in [5, 5.41) is 0.164. The Labute approximate surface area is 121 Å². The number of halogens is 2. The lowest BCUT2D eigenvalue weighted by Crippen LogP contribution is -2.31. The molecular weight excluding hydrogens is 320 g/mol. The van der Waals surface area contributed by atoms with E-state index in [0.717, 1.165) is 18.9 Å². The van der Waals surface area contributed by atoms with Crippen LogP contribution in [0.1, 0.15) is 41.3 Å². The van der Waals surface area contributed by atoms with Crippen LogP contribution in [0.4, 0.5) is 0 Å². The topological polar surface area (TPSA) is 9.23 Å². The average Bonchev–Trinajstić information content (AvgIpc) is 2.56. The van der Waals surface area contributed by atoms with Crippen molar-refractivity contribution in [2.75, 3.05) is 6.61 Å². The highest BCUT2D eigenvalue weighted by atomic mass is 79.9. The first kappa shape index (κ1) is 13.9. The molecule has 1 aliphatic carbocycles. The van der Waals surface area contributed by atoms with Crippen molar-refractivity contribution in [2.24, 2.45) is 5.92 Å². The molecule has 1 heterocycles. The molecule has 4 heteroatoms. The standard InChI is InChI=1S/C13H18BrClOS/c1-3-16-10-4-9(5-10)6-12(15)13-7-11(14)8(2)17-13/h7,9-10,12H,3-6H2,1-2H3. The molecule has 0 spiro atoms. The predicted octanol–water partition coefficient (Wildman–Crippen LogP) is 5.30. The van der Waals surface area contributed by atoms with E-state index in [9.17, 15) is 0 Å². The first-order valence-corrected chi connectivity index (χ1v) is 8.16. The zero-order valence-corrected chi connectivity index (χ0v) is 13.4. The van der Waals surface area contributed by atoms with Crippen LogP contribution in [0, 0.1) is 12.8 Å². The van der Waals surface area contributed by atoms with Crippen molar-refractivity contribution in [3.8, 4) is 0 Å². The maximum Gasteiger partial charge on any atom is 0.0681 e. The summed E-state index contributed by atoms with van der Waals surface area (Å²) >= 11 is 11.8. The van der Waals surface area contributed by atoms with E-state index >= 15 is 0 Å². The van der Waals surface area contributed by atoms with Gasteiger partial charge in [0, 0.05) is 20.8 Å². The molecule has 1 aromatic heterocycles. The van der Waals surface area contributed by atoms with Crippen LogP contribution in [0.5, 0.6) is 0 Å². The minimum atomic E-state index is 0.164. The Morgan fingerprint density at radius 2 is 2.29 bits per heavy atom. The highest BCUT2D eigenvalue weighted by molar-refractivity contribution is 9.10. The molecule has 0 N–H and O–H groups in total. The van der Waals surface area contributed by atoms with Crippen LogP contribution >= 0.6 is 38.9 Å². The van der Waals surface area contributed by atoms with Crippen LogP contribution in [-0.4, -0.2) is 12.7 Å². The summed E-state index contributed by atoms with van der Waals surface area (Å²) < 4.78 is 6.75. The van der Waals surface area contributed by atoms with Crippen molar-refractivity contribution in [2.45, 2.75) is 44.6 Å². The minimum Gasteiger partial charge on any atom is -0.378 e. The molecule has 1 saturated carbocycles. The molecule has 2 rings (SSSR count). The van der Waals surface area contributed by atoms with Gasteiger partial charge in [-0.1, -0.05) is 0 Å². The van der Waals surface area contributed by atoms with Gasteiger partial charge in [0.05, 0.1) is 11.5 Å². The molecule has 0 bridgehead atoms. The predicted molar refractivity (Wildman–Crippen MR) is 78.1 cm³/mol. The molecule has 0 radical (unpaired) electrons. The first-order valence-electron chi connectivity index (χ1n) is 6.11. The second-order valence-corrected chi connectivity index (χ2v) is 7.34. The third-order valence-electron chi connectivity index (χ3n) is 3.32. The molecule has 0 saturated heterocycles. The highest BCUT2D eigenvalue weighted by Crippen LogP contribution is 2.42. The van der Waals surface area contributed by atoms with Crippen LogP contribution in [0.3, 0.4) is 0 Å². The van der Waals surface area contributed by atoms with Crippen LogP contribution in [0.25, 0.3) is 0 Å². The van der Waals surface area contributed by atoms with Gasteiger partial charge in [-0.15, -0.1) is 22.9 Å². The van der Waals surface area contributed by atoms with Crippen molar-refractivity contribution in [1.29, 1.82) is 0 Å². The molecule has 96 valence electrons. The van der Waals surface area contributed by atoms with Gasteiger partial charge in [0.2, 0.25) is 0 Å². The van der Waals surface area contributed by atoms with E-state index in [4.69, 9.17) is 16.3 Å². The van der Waals surface area contributed by atoms with Gasteiger partial charge in [0.1, 0.15) is 0 Å². The summed E-state index contributed by atoms with van der Waals surface area (Å²) in [5.41, 5.74) is 0. The number of hydrogen-bond donors (Lipinski definition) is 0. The van der Waals surface area contributed by atoms with Crippen molar-refractivity contribution < 1.29 is 4.74 Å². The highest BCUT2D eigenvalue weighted by Gasteiger charge is 2.31. The summed E-state index contributed by atoms with van der Waals surface area (Å²) in [6.45, 7) is 5.01. The number of hydrogen-bond acceptors (Lipinski definition) is 2. The molecule has 0 amide bonds. The van der Waals surface area contributed by atoms with Crippen molar-refractivity contribution in [3.05, 3.63) is 20.3 Å². The summed E-state index contributed by atoms with van der Waals surface area (Å²) in [7, 11) is 0. The second-order valence-electron chi connectivity index (χ2n) is 4.67. The largest absolute Gasteiger partial charge is 0.378 e. The quantitative estimate of drug-likeness (QED) is 0.662. The zero-order chi connectivity index (χ0) is 12.4. The molecule has 1 aromatic rings. The molecule has 1 atom stereocenters. The molecule has 17 heavy (non-hydrogen) atoms. The van der Waals surface area contributed by atoms with Gasteiger partial charge in [0.15, 0.2) is 0 Å². The van der Waals surface area contributed by atoms with Crippen LogP contribution in [-0.2, 0) is 4.74 Å². The molecule has 1 nitrogen and oxygen atoms in total.